The van der Waals surface area contributed by atoms with Gasteiger partial charge in [-0.25, -0.2) is 0 Å². The lowest BCUT2D eigenvalue weighted by molar-refractivity contribution is 0.0933. The minimum absolute atomic E-state index is 0.234. The van der Waals surface area contributed by atoms with E-state index >= 15 is 0 Å². The fourth-order valence-corrected chi connectivity index (χ4v) is 3.65. The Bertz CT molecular complexity index is 1100. The van der Waals surface area contributed by atoms with E-state index in [1.54, 1.807) is 6.20 Å². The summed E-state index contributed by atoms with van der Waals surface area (Å²) in [5.41, 5.74) is 13.9. The summed E-state index contributed by atoms with van der Waals surface area (Å²) in [5.74, 6) is -0.234. The molecular formula is C24H24N4O. The number of hydrogen-bond acceptors (Lipinski definition) is 4. The third kappa shape index (κ3) is 3.96. The van der Waals surface area contributed by atoms with E-state index < -0.39 is 0 Å². The number of pyridine rings is 1. The van der Waals surface area contributed by atoms with Gasteiger partial charge >= 0.3 is 0 Å². The van der Waals surface area contributed by atoms with E-state index in [0.717, 1.165) is 34.5 Å². The highest BCUT2D eigenvalue weighted by Gasteiger charge is 2.17. The molecular weight excluding hydrogens is 360 g/mol. The normalized spacial score (nSPS) is 13.6. The molecule has 146 valence electrons. The van der Waals surface area contributed by atoms with Crippen LogP contribution in [0.25, 0.3) is 11.1 Å². The number of nitrogens with zero attached hydrogens (tertiary/aromatic N) is 2. The Morgan fingerprint density at radius 1 is 1.10 bits per heavy atom. The quantitative estimate of drug-likeness (QED) is 0.702. The first-order valence-electron chi connectivity index (χ1n) is 9.73. The predicted molar refractivity (Wildman–Crippen MR) is 116 cm³/mol. The molecule has 0 spiro atoms. The van der Waals surface area contributed by atoms with Crippen molar-refractivity contribution in [1.29, 1.82) is 0 Å². The van der Waals surface area contributed by atoms with Crippen molar-refractivity contribution in [2.24, 2.45) is 10.7 Å². The molecule has 4 rings (SSSR count). The van der Waals surface area contributed by atoms with Crippen LogP contribution in [0.5, 0.6) is 0 Å². The summed E-state index contributed by atoms with van der Waals surface area (Å²) < 4.78 is 0. The molecule has 0 bridgehead atoms. The zero-order chi connectivity index (χ0) is 20.4. The van der Waals surface area contributed by atoms with Gasteiger partial charge in [0.2, 0.25) is 0 Å². The van der Waals surface area contributed by atoms with E-state index in [1.807, 2.05) is 50.2 Å². The van der Waals surface area contributed by atoms with E-state index in [-0.39, 0.29) is 11.9 Å². The lowest BCUT2D eigenvalue weighted by Gasteiger charge is -2.18. The Balaban J connectivity index is 1.58. The lowest BCUT2D eigenvalue weighted by atomic mass is 9.98. The highest BCUT2D eigenvalue weighted by Crippen LogP contribution is 2.27. The largest absolute Gasteiger partial charge is 0.343 e. The molecule has 0 fully saturated rings. The number of rotatable bonds is 5. The molecule has 1 aliphatic rings. The highest BCUT2D eigenvalue weighted by molar-refractivity contribution is 6.03. The SMILES string of the molecule is CC1=NCc2ccc(-c3ccnc(C(=O)N[C@H](CN)c4cccc(C)c4)c3)cc21. The van der Waals surface area contributed by atoms with Crippen molar-refractivity contribution in [2.75, 3.05) is 6.54 Å². The Kier molecular flexibility index (Phi) is 5.23. The van der Waals surface area contributed by atoms with Crippen molar-refractivity contribution in [2.45, 2.75) is 26.4 Å². The molecule has 5 heteroatoms. The molecule has 3 N–H and O–H groups in total. The predicted octanol–water partition coefficient (Wildman–Crippen LogP) is 3.81. The fourth-order valence-electron chi connectivity index (χ4n) is 3.65. The van der Waals surface area contributed by atoms with Gasteiger partial charge in [-0.2, -0.15) is 0 Å². The summed E-state index contributed by atoms with van der Waals surface area (Å²) in [5, 5.41) is 3.01. The fraction of sp³-hybridized carbons (Fsp3) is 0.208. The van der Waals surface area contributed by atoms with Gasteiger partial charge in [-0.3, -0.25) is 14.8 Å². The minimum atomic E-state index is -0.258. The van der Waals surface area contributed by atoms with Crippen LogP contribution in [0.4, 0.5) is 0 Å². The maximum atomic E-state index is 12.8. The van der Waals surface area contributed by atoms with Gasteiger partial charge in [-0.15, -0.1) is 0 Å². The number of fused-ring (bicyclic) bond motifs is 1. The van der Waals surface area contributed by atoms with E-state index in [4.69, 9.17) is 5.73 Å². The summed E-state index contributed by atoms with van der Waals surface area (Å²) in [6.45, 7) is 5.11. The third-order valence-electron chi connectivity index (χ3n) is 5.30. The summed E-state index contributed by atoms with van der Waals surface area (Å²) in [7, 11) is 0. The van der Waals surface area contributed by atoms with Crippen molar-refractivity contribution in [3.05, 3.63) is 88.7 Å². The first kappa shape index (κ1) is 19.0. The lowest BCUT2D eigenvalue weighted by Crippen LogP contribution is -2.33. The highest BCUT2D eigenvalue weighted by atomic mass is 16.1. The molecule has 1 aliphatic heterocycles. The topological polar surface area (TPSA) is 80.4 Å². The maximum Gasteiger partial charge on any atom is 0.270 e. The Hall–Kier alpha value is -3.31. The van der Waals surface area contributed by atoms with Gasteiger partial charge in [0.1, 0.15) is 5.69 Å². The standard InChI is InChI=1S/C24H24N4O/c1-15-4-3-5-19(10-15)23(13-25)28-24(29)22-12-18(8-9-26-22)17-6-7-20-14-27-16(2)21(20)11-17/h3-12,23H,13-14,25H2,1-2H3,(H,28,29)/t23-/m1/s1. The molecule has 1 amide bonds. The van der Waals surface area contributed by atoms with Crippen LogP contribution in [0.15, 0.2) is 65.8 Å². The van der Waals surface area contributed by atoms with Crippen LogP contribution < -0.4 is 11.1 Å². The summed E-state index contributed by atoms with van der Waals surface area (Å²) in [4.78, 5) is 21.6. The first-order valence-corrected chi connectivity index (χ1v) is 9.73. The Morgan fingerprint density at radius 3 is 2.72 bits per heavy atom. The number of carbonyl (C=O) groups is 1. The van der Waals surface area contributed by atoms with Crippen molar-refractivity contribution in [3.63, 3.8) is 0 Å². The minimum Gasteiger partial charge on any atom is -0.343 e. The Morgan fingerprint density at radius 2 is 1.93 bits per heavy atom. The number of benzene rings is 2. The first-order chi connectivity index (χ1) is 14.0. The van der Waals surface area contributed by atoms with Crippen molar-refractivity contribution < 1.29 is 4.79 Å². The molecule has 0 aliphatic carbocycles. The summed E-state index contributed by atoms with van der Waals surface area (Å²) in [6.07, 6.45) is 1.67. The molecule has 1 aromatic heterocycles. The number of aryl methyl sites for hydroxylation is 1. The Labute approximate surface area is 170 Å². The molecule has 29 heavy (non-hydrogen) atoms. The van der Waals surface area contributed by atoms with E-state index in [0.29, 0.717) is 12.2 Å². The van der Waals surface area contributed by atoms with E-state index in [1.165, 1.54) is 11.1 Å². The second-order valence-electron chi connectivity index (χ2n) is 7.38. The van der Waals surface area contributed by atoms with Crippen LogP contribution in [0.1, 0.15) is 45.7 Å². The molecule has 5 nitrogen and oxygen atoms in total. The van der Waals surface area contributed by atoms with Crippen LogP contribution >= 0.6 is 0 Å². The third-order valence-corrected chi connectivity index (χ3v) is 5.30. The van der Waals surface area contributed by atoms with Crippen molar-refractivity contribution in [1.82, 2.24) is 10.3 Å². The molecule has 2 aromatic carbocycles. The van der Waals surface area contributed by atoms with Crippen LogP contribution in [0.3, 0.4) is 0 Å². The summed E-state index contributed by atoms with van der Waals surface area (Å²) >= 11 is 0. The van der Waals surface area contributed by atoms with E-state index in [9.17, 15) is 4.79 Å². The van der Waals surface area contributed by atoms with Gasteiger partial charge in [0, 0.05) is 24.0 Å². The number of nitrogens with one attached hydrogen (secondary N) is 1. The van der Waals surface area contributed by atoms with Crippen LogP contribution in [-0.4, -0.2) is 23.1 Å². The van der Waals surface area contributed by atoms with Crippen molar-refractivity contribution in [3.8, 4) is 11.1 Å². The number of carbonyl (C=O) groups excluding carboxylic acids is 1. The van der Waals surface area contributed by atoms with E-state index in [2.05, 4.69) is 33.5 Å². The van der Waals surface area contributed by atoms with Crippen LogP contribution in [0, 0.1) is 6.92 Å². The number of aliphatic imine (C=N–C) groups is 1. The number of aromatic nitrogens is 1. The van der Waals surface area contributed by atoms with Crippen LogP contribution in [0.2, 0.25) is 0 Å². The average Bonchev–Trinajstić information content (AvgIpc) is 3.12. The average molecular weight is 384 g/mol. The molecule has 3 aromatic rings. The number of hydrogen-bond donors (Lipinski definition) is 2. The van der Waals surface area contributed by atoms with Gasteiger partial charge in [0.15, 0.2) is 0 Å². The monoisotopic (exact) mass is 384 g/mol. The molecule has 0 radical (unpaired) electrons. The molecule has 2 heterocycles. The second kappa shape index (κ2) is 7.97. The zero-order valence-electron chi connectivity index (χ0n) is 16.6. The number of nitrogens with two attached hydrogens (primary N) is 1. The van der Waals surface area contributed by atoms with Gasteiger partial charge in [0.25, 0.3) is 5.91 Å². The van der Waals surface area contributed by atoms with Gasteiger partial charge < -0.3 is 11.1 Å². The van der Waals surface area contributed by atoms with Gasteiger partial charge in [-0.05, 0) is 54.3 Å². The second-order valence-corrected chi connectivity index (χ2v) is 7.38. The zero-order valence-corrected chi connectivity index (χ0v) is 16.6. The van der Waals surface area contributed by atoms with Crippen molar-refractivity contribution >= 4 is 11.6 Å². The van der Waals surface area contributed by atoms with Gasteiger partial charge in [-0.1, -0.05) is 42.0 Å². The summed E-state index contributed by atoms with van der Waals surface area (Å²) in [6, 6.07) is 17.8. The smallest absolute Gasteiger partial charge is 0.270 e. The van der Waals surface area contributed by atoms with Crippen LogP contribution in [-0.2, 0) is 6.54 Å². The molecule has 0 saturated heterocycles. The molecule has 0 unspecified atom stereocenters. The maximum absolute atomic E-state index is 12.8. The molecule has 1 atom stereocenters. The number of amides is 1. The van der Waals surface area contributed by atoms with Gasteiger partial charge in [0.05, 0.1) is 12.6 Å². The molecule has 0 saturated carbocycles.